The number of hydrogen-bond donors (Lipinski definition) is 1. The summed E-state index contributed by atoms with van der Waals surface area (Å²) >= 11 is 3.42. The molecule has 0 saturated heterocycles. The van der Waals surface area contributed by atoms with Crippen LogP contribution in [0.5, 0.6) is 0 Å². The molecule has 0 spiro atoms. The van der Waals surface area contributed by atoms with Crippen LogP contribution in [0.4, 0.5) is 5.69 Å². The van der Waals surface area contributed by atoms with Crippen LogP contribution >= 0.6 is 15.9 Å². The first-order valence-electron chi connectivity index (χ1n) is 7.55. The van der Waals surface area contributed by atoms with Crippen molar-refractivity contribution in [2.75, 3.05) is 32.5 Å². The summed E-state index contributed by atoms with van der Waals surface area (Å²) in [6.45, 7) is 4.60. The summed E-state index contributed by atoms with van der Waals surface area (Å²) in [5.41, 5.74) is 1.08. The molecule has 0 radical (unpaired) electrons. The van der Waals surface area contributed by atoms with Gasteiger partial charge >= 0.3 is 0 Å². The van der Waals surface area contributed by atoms with E-state index >= 15 is 0 Å². The van der Waals surface area contributed by atoms with Gasteiger partial charge in [-0.3, -0.25) is 4.79 Å². The Morgan fingerprint density at radius 2 is 2.10 bits per heavy atom. The Labute approximate surface area is 134 Å². The van der Waals surface area contributed by atoms with Crippen LogP contribution in [0.1, 0.15) is 32.6 Å². The normalized spacial score (nSPS) is 17.4. The van der Waals surface area contributed by atoms with E-state index in [2.05, 4.69) is 33.3 Å². The highest BCUT2D eigenvalue weighted by Crippen LogP contribution is 2.37. The minimum Gasteiger partial charge on any atom is -0.382 e. The van der Waals surface area contributed by atoms with Crippen molar-refractivity contribution in [3.05, 3.63) is 21.0 Å². The Morgan fingerprint density at radius 1 is 1.43 bits per heavy atom. The third-order valence-corrected chi connectivity index (χ3v) is 5.03. The summed E-state index contributed by atoms with van der Waals surface area (Å²) < 4.78 is 2.09. The van der Waals surface area contributed by atoms with E-state index in [1.54, 1.807) is 6.20 Å². The van der Waals surface area contributed by atoms with Crippen molar-refractivity contribution in [3.63, 3.8) is 0 Å². The number of nitrogens with zero attached hydrogens (tertiary/aromatic N) is 3. The number of hydrogen-bond acceptors (Lipinski definition) is 4. The van der Waals surface area contributed by atoms with Gasteiger partial charge in [-0.2, -0.15) is 5.10 Å². The number of likely N-dealkylation sites (N-methyl/N-ethyl adjacent to an activating group) is 1. The molecule has 6 heteroatoms. The van der Waals surface area contributed by atoms with Crippen molar-refractivity contribution in [3.8, 4) is 0 Å². The van der Waals surface area contributed by atoms with Crippen LogP contribution in [0, 0.1) is 5.41 Å². The molecule has 0 bridgehead atoms. The van der Waals surface area contributed by atoms with Crippen LogP contribution in [-0.4, -0.2) is 41.9 Å². The van der Waals surface area contributed by atoms with Gasteiger partial charge in [-0.1, -0.05) is 19.8 Å². The largest absolute Gasteiger partial charge is 0.382 e. The molecular weight excluding hydrogens is 332 g/mol. The molecule has 1 aliphatic carbocycles. The number of aromatic nitrogens is 2. The molecule has 5 nitrogen and oxygen atoms in total. The summed E-state index contributed by atoms with van der Waals surface area (Å²) in [5, 5.41) is 7.66. The fourth-order valence-corrected chi connectivity index (χ4v) is 3.20. The van der Waals surface area contributed by atoms with E-state index in [-0.39, 0.29) is 5.56 Å². The predicted molar refractivity (Wildman–Crippen MR) is 89.8 cm³/mol. The minimum atomic E-state index is -0.0709. The van der Waals surface area contributed by atoms with Crippen molar-refractivity contribution >= 4 is 21.6 Å². The average Bonchev–Trinajstić information content (AvgIpc) is 2.86. The molecule has 1 aromatic heterocycles. The number of halogens is 1. The molecule has 2 rings (SSSR count). The minimum absolute atomic E-state index is 0.0709. The van der Waals surface area contributed by atoms with Crippen LogP contribution < -0.4 is 10.9 Å². The zero-order chi connectivity index (χ0) is 15.5. The third-order valence-electron chi connectivity index (χ3n) is 4.26. The molecule has 1 aromatic rings. The first-order valence-corrected chi connectivity index (χ1v) is 8.35. The Bertz CT molecular complexity index is 535. The van der Waals surface area contributed by atoms with Crippen molar-refractivity contribution < 1.29 is 0 Å². The molecule has 1 saturated carbocycles. The van der Waals surface area contributed by atoms with E-state index in [4.69, 9.17) is 0 Å². The molecule has 1 fully saturated rings. The molecule has 1 aliphatic rings. The molecule has 21 heavy (non-hydrogen) atoms. The van der Waals surface area contributed by atoms with Gasteiger partial charge in [-0.05, 0) is 48.3 Å². The van der Waals surface area contributed by atoms with Gasteiger partial charge in [0, 0.05) is 13.1 Å². The van der Waals surface area contributed by atoms with Crippen molar-refractivity contribution in [1.82, 2.24) is 14.7 Å². The Morgan fingerprint density at radius 3 is 2.71 bits per heavy atom. The van der Waals surface area contributed by atoms with E-state index in [0.29, 0.717) is 16.4 Å². The molecule has 1 N–H and O–H groups in total. The van der Waals surface area contributed by atoms with Gasteiger partial charge in [0.15, 0.2) is 0 Å². The van der Waals surface area contributed by atoms with Crippen LogP contribution in [-0.2, 0) is 6.54 Å². The zero-order valence-corrected chi connectivity index (χ0v) is 14.7. The average molecular weight is 357 g/mol. The Balaban J connectivity index is 2.04. The second-order valence-corrected chi connectivity index (χ2v) is 7.37. The van der Waals surface area contributed by atoms with Gasteiger partial charge in [-0.25, -0.2) is 4.68 Å². The van der Waals surface area contributed by atoms with Gasteiger partial charge in [0.05, 0.1) is 18.4 Å². The maximum absolute atomic E-state index is 12.3. The fraction of sp³-hybridized carbons (Fsp3) is 0.733. The van der Waals surface area contributed by atoms with Crippen LogP contribution in [0.2, 0.25) is 0 Å². The predicted octanol–water partition coefficient (Wildman–Crippen LogP) is 2.56. The zero-order valence-electron chi connectivity index (χ0n) is 13.2. The quantitative estimate of drug-likeness (QED) is 0.850. The van der Waals surface area contributed by atoms with Gasteiger partial charge in [0.2, 0.25) is 0 Å². The molecule has 1 heterocycles. The lowest BCUT2D eigenvalue weighted by Gasteiger charge is -2.24. The van der Waals surface area contributed by atoms with Crippen LogP contribution in [0.25, 0.3) is 0 Å². The molecule has 0 aromatic carbocycles. The van der Waals surface area contributed by atoms with Crippen molar-refractivity contribution in [2.24, 2.45) is 5.41 Å². The summed E-state index contributed by atoms with van der Waals surface area (Å²) in [7, 11) is 3.97. The summed E-state index contributed by atoms with van der Waals surface area (Å²) in [4.78, 5) is 14.3. The lowest BCUT2D eigenvalue weighted by atomic mass is 9.89. The molecule has 0 atom stereocenters. The van der Waals surface area contributed by atoms with Crippen LogP contribution in [0.3, 0.4) is 0 Å². The molecule has 0 aliphatic heterocycles. The topological polar surface area (TPSA) is 50.2 Å². The van der Waals surface area contributed by atoms with Crippen molar-refractivity contribution in [1.29, 1.82) is 0 Å². The first-order chi connectivity index (χ1) is 9.91. The third kappa shape index (κ3) is 4.30. The SMILES string of the molecule is CN(C)CCn1ncc(NCC2(C)CCCC2)c(Br)c1=O. The molecule has 0 unspecified atom stereocenters. The van der Waals surface area contributed by atoms with E-state index < -0.39 is 0 Å². The lowest BCUT2D eigenvalue weighted by Crippen LogP contribution is -2.30. The number of anilines is 1. The van der Waals surface area contributed by atoms with Gasteiger partial charge < -0.3 is 10.2 Å². The smallest absolute Gasteiger partial charge is 0.283 e. The van der Waals surface area contributed by atoms with E-state index in [1.165, 1.54) is 30.4 Å². The molecule has 118 valence electrons. The second-order valence-electron chi connectivity index (χ2n) is 6.58. The van der Waals surface area contributed by atoms with Crippen molar-refractivity contribution in [2.45, 2.75) is 39.2 Å². The van der Waals surface area contributed by atoms with Gasteiger partial charge in [-0.15, -0.1) is 0 Å². The summed E-state index contributed by atoms with van der Waals surface area (Å²) in [5.74, 6) is 0. The Hall–Kier alpha value is -0.880. The van der Waals surface area contributed by atoms with Gasteiger partial charge in [0.1, 0.15) is 4.47 Å². The maximum atomic E-state index is 12.3. The monoisotopic (exact) mass is 356 g/mol. The highest BCUT2D eigenvalue weighted by Gasteiger charge is 2.28. The van der Waals surface area contributed by atoms with E-state index in [0.717, 1.165) is 18.8 Å². The van der Waals surface area contributed by atoms with Crippen LogP contribution in [0.15, 0.2) is 15.5 Å². The first kappa shape index (κ1) is 16.5. The standard InChI is InChI=1S/C15H25BrN4O/c1-15(6-4-5-7-15)11-17-12-10-18-20(9-8-19(2)3)14(21)13(12)16/h10,17H,4-9,11H2,1-3H3. The number of nitrogens with one attached hydrogen (secondary N) is 1. The van der Waals surface area contributed by atoms with Gasteiger partial charge in [0.25, 0.3) is 5.56 Å². The maximum Gasteiger partial charge on any atom is 0.283 e. The fourth-order valence-electron chi connectivity index (χ4n) is 2.76. The van der Waals surface area contributed by atoms with E-state index in [1.807, 2.05) is 19.0 Å². The lowest BCUT2D eigenvalue weighted by molar-refractivity contribution is 0.360. The highest BCUT2D eigenvalue weighted by molar-refractivity contribution is 9.10. The molecular formula is C15H25BrN4O. The summed E-state index contributed by atoms with van der Waals surface area (Å²) in [6.07, 6.45) is 6.88. The highest BCUT2D eigenvalue weighted by atomic mass is 79.9. The molecule has 0 amide bonds. The number of rotatable bonds is 6. The second kappa shape index (κ2) is 6.92. The van der Waals surface area contributed by atoms with E-state index in [9.17, 15) is 4.79 Å². The summed E-state index contributed by atoms with van der Waals surface area (Å²) in [6, 6.07) is 0. The Kier molecular flexibility index (Phi) is 5.43.